The molecular weight excluding hydrogens is 476 g/mol. The molecule has 1 fully saturated rings. The van der Waals surface area contributed by atoms with Gasteiger partial charge in [-0.05, 0) is 54.8 Å². The van der Waals surface area contributed by atoms with E-state index in [0.717, 1.165) is 4.47 Å². The number of hydrogen-bond acceptors (Lipinski definition) is 6. The van der Waals surface area contributed by atoms with Gasteiger partial charge < -0.3 is 0 Å². The largest absolute Gasteiger partial charge is 0.273 e. The van der Waals surface area contributed by atoms with Gasteiger partial charge in [0.25, 0.3) is 5.69 Å². The molecule has 0 saturated carbocycles. The van der Waals surface area contributed by atoms with Crippen LogP contribution >= 0.6 is 15.9 Å². The smallest absolute Gasteiger partial charge is 0.269 e. The Balaban J connectivity index is 1.52. The predicted octanol–water partition coefficient (Wildman–Crippen LogP) is 2.91. The minimum Gasteiger partial charge on any atom is -0.273 e. The average molecular weight is 495 g/mol. The lowest BCUT2D eigenvalue weighted by atomic mass is 9.98. The topological polar surface area (TPSA) is 122 Å². The molecule has 1 amide bonds. The lowest BCUT2D eigenvalue weighted by Gasteiger charge is -2.30. The number of rotatable bonds is 6. The van der Waals surface area contributed by atoms with E-state index in [1.165, 1.54) is 34.8 Å². The molecule has 1 aliphatic rings. The summed E-state index contributed by atoms with van der Waals surface area (Å²) in [7, 11) is -3.59. The van der Waals surface area contributed by atoms with Crippen molar-refractivity contribution in [2.75, 3.05) is 13.1 Å². The van der Waals surface area contributed by atoms with Crippen molar-refractivity contribution in [3.63, 3.8) is 0 Å². The third-order valence-corrected chi connectivity index (χ3v) is 7.21. The van der Waals surface area contributed by atoms with Crippen LogP contribution < -0.4 is 5.43 Å². The number of nitro groups is 1. The van der Waals surface area contributed by atoms with Crippen LogP contribution in [-0.2, 0) is 14.8 Å². The summed E-state index contributed by atoms with van der Waals surface area (Å²) in [5.74, 6) is -0.621. The second-order valence-electron chi connectivity index (χ2n) is 6.72. The van der Waals surface area contributed by atoms with Gasteiger partial charge in [-0.1, -0.05) is 15.9 Å². The first-order valence-electron chi connectivity index (χ1n) is 9.10. The predicted molar refractivity (Wildman–Crippen MR) is 114 cm³/mol. The summed E-state index contributed by atoms with van der Waals surface area (Å²) in [5.41, 5.74) is 3.03. The maximum absolute atomic E-state index is 12.7. The van der Waals surface area contributed by atoms with Gasteiger partial charge in [-0.3, -0.25) is 14.9 Å². The van der Waals surface area contributed by atoms with E-state index in [4.69, 9.17) is 0 Å². The van der Waals surface area contributed by atoms with Gasteiger partial charge in [0.1, 0.15) is 0 Å². The number of hydrogen-bond donors (Lipinski definition) is 1. The van der Waals surface area contributed by atoms with Crippen LogP contribution in [0.4, 0.5) is 5.69 Å². The van der Waals surface area contributed by atoms with Crippen molar-refractivity contribution in [1.82, 2.24) is 9.73 Å². The summed E-state index contributed by atoms with van der Waals surface area (Å²) in [4.78, 5) is 22.7. The molecule has 0 spiro atoms. The fourth-order valence-electron chi connectivity index (χ4n) is 3.06. The van der Waals surface area contributed by atoms with Crippen LogP contribution in [0.2, 0.25) is 0 Å². The molecule has 11 heteroatoms. The fourth-order valence-corrected chi connectivity index (χ4v) is 4.79. The van der Waals surface area contributed by atoms with Gasteiger partial charge in [0, 0.05) is 35.6 Å². The molecule has 9 nitrogen and oxygen atoms in total. The molecule has 1 N–H and O–H groups in total. The first-order valence-corrected chi connectivity index (χ1v) is 11.3. The molecule has 30 heavy (non-hydrogen) atoms. The summed E-state index contributed by atoms with van der Waals surface area (Å²) >= 11 is 3.28. The number of benzene rings is 2. The number of carbonyl (C=O) groups is 1. The van der Waals surface area contributed by atoms with Crippen LogP contribution in [0.3, 0.4) is 0 Å². The number of sulfonamides is 1. The standard InChI is InChI=1S/C19H19BrN4O5S/c20-16-3-7-18(8-4-16)30(28,29)23-11-9-15(10-12-23)19(25)22-21-13-14-1-5-17(6-2-14)24(26)27/h1-8,13,15H,9-12H2,(H,22,25)/b21-13-. The van der Waals surface area contributed by atoms with Crippen molar-refractivity contribution in [1.29, 1.82) is 0 Å². The van der Waals surface area contributed by atoms with Crippen LogP contribution in [0.25, 0.3) is 0 Å². The Morgan fingerprint density at radius 2 is 1.73 bits per heavy atom. The zero-order chi connectivity index (χ0) is 21.7. The molecule has 0 aromatic heterocycles. The van der Waals surface area contributed by atoms with Gasteiger partial charge >= 0.3 is 0 Å². The van der Waals surface area contributed by atoms with E-state index in [1.54, 1.807) is 24.3 Å². The molecule has 2 aromatic carbocycles. The normalized spacial score (nSPS) is 15.9. The van der Waals surface area contributed by atoms with Crippen LogP contribution in [0.5, 0.6) is 0 Å². The fraction of sp³-hybridized carbons (Fsp3) is 0.263. The average Bonchev–Trinajstić information content (AvgIpc) is 2.74. The summed E-state index contributed by atoms with van der Waals surface area (Å²) in [5, 5.41) is 14.5. The van der Waals surface area contributed by atoms with Crippen molar-refractivity contribution in [2.24, 2.45) is 11.0 Å². The Labute approximate surface area is 182 Å². The zero-order valence-corrected chi connectivity index (χ0v) is 18.2. The number of nitrogens with one attached hydrogen (secondary N) is 1. The molecular formula is C19H19BrN4O5S. The van der Waals surface area contributed by atoms with Gasteiger partial charge in [0.2, 0.25) is 15.9 Å². The van der Waals surface area contributed by atoms with Crippen molar-refractivity contribution in [3.05, 3.63) is 68.7 Å². The van der Waals surface area contributed by atoms with Crippen molar-refractivity contribution < 1.29 is 18.1 Å². The molecule has 0 unspecified atom stereocenters. The van der Waals surface area contributed by atoms with Crippen LogP contribution in [-0.4, -0.2) is 42.9 Å². The number of piperidine rings is 1. The Morgan fingerprint density at radius 3 is 2.30 bits per heavy atom. The Morgan fingerprint density at radius 1 is 1.13 bits per heavy atom. The van der Waals surface area contributed by atoms with E-state index in [-0.39, 0.29) is 35.5 Å². The molecule has 158 valence electrons. The first kappa shape index (κ1) is 22.1. The van der Waals surface area contributed by atoms with Gasteiger partial charge in [-0.15, -0.1) is 0 Å². The molecule has 3 rings (SSSR count). The van der Waals surface area contributed by atoms with E-state index >= 15 is 0 Å². The van der Waals surface area contributed by atoms with E-state index in [1.807, 2.05) is 0 Å². The summed E-state index contributed by atoms with van der Waals surface area (Å²) in [6.45, 7) is 0.505. The quantitative estimate of drug-likeness (QED) is 0.375. The van der Waals surface area contributed by atoms with E-state index in [9.17, 15) is 23.3 Å². The van der Waals surface area contributed by atoms with Gasteiger partial charge in [0.05, 0.1) is 16.0 Å². The molecule has 1 heterocycles. The monoisotopic (exact) mass is 494 g/mol. The minimum atomic E-state index is -3.59. The Bertz CT molecular complexity index is 1050. The van der Waals surface area contributed by atoms with Crippen molar-refractivity contribution in [3.8, 4) is 0 Å². The highest BCUT2D eigenvalue weighted by Crippen LogP contribution is 2.25. The number of non-ortho nitro benzene ring substituents is 1. The second-order valence-corrected chi connectivity index (χ2v) is 9.57. The Kier molecular flexibility index (Phi) is 6.95. The second kappa shape index (κ2) is 9.45. The molecule has 0 atom stereocenters. The highest BCUT2D eigenvalue weighted by Gasteiger charge is 2.32. The molecule has 1 saturated heterocycles. The van der Waals surface area contributed by atoms with Crippen LogP contribution in [0.1, 0.15) is 18.4 Å². The minimum absolute atomic E-state index is 0.0268. The SMILES string of the molecule is O=C(N/N=C\c1ccc([N+](=O)[O-])cc1)C1CCN(S(=O)(=O)c2ccc(Br)cc2)CC1. The van der Waals surface area contributed by atoms with Gasteiger partial charge in [0.15, 0.2) is 0 Å². The van der Waals surface area contributed by atoms with Gasteiger partial charge in [-0.25, -0.2) is 13.8 Å². The number of amides is 1. The highest BCUT2D eigenvalue weighted by molar-refractivity contribution is 9.10. The third kappa shape index (κ3) is 5.29. The first-order chi connectivity index (χ1) is 14.3. The molecule has 1 aliphatic heterocycles. The number of nitrogens with zero attached hydrogens (tertiary/aromatic N) is 3. The van der Waals surface area contributed by atoms with Crippen LogP contribution in [0, 0.1) is 16.0 Å². The number of hydrazone groups is 1. The van der Waals surface area contributed by atoms with Crippen LogP contribution in [0.15, 0.2) is 63.0 Å². The van der Waals surface area contributed by atoms with E-state index in [2.05, 4.69) is 26.5 Å². The maximum Gasteiger partial charge on any atom is 0.269 e. The molecule has 0 bridgehead atoms. The Hall–Kier alpha value is -2.63. The van der Waals surface area contributed by atoms with Crippen molar-refractivity contribution in [2.45, 2.75) is 17.7 Å². The van der Waals surface area contributed by atoms with E-state index < -0.39 is 14.9 Å². The number of halogens is 1. The van der Waals surface area contributed by atoms with Gasteiger partial charge in [-0.2, -0.15) is 9.41 Å². The summed E-state index contributed by atoms with van der Waals surface area (Å²) in [6, 6.07) is 12.2. The third-order valence-electron chi connectivity index (χ3n) is 4.77. The molecule has 0 aliphatic carbocycles. The number of nitro benzene ring substituents is 1. The zero-order valence-electron chi connectivity index (χ0n) is 15.8. The lowest BCUT2D eigenvalue weighted by Crippen LogP contribution is -2.42. The van der Waals surface area contributed by atoms with Crippen molar-refractivity contribution >= 4 is 43.8 Å². The maximum atomic E-state index is 12.7. The number of carbonyl (C=O) groups excluding carboxylic acids is 1. The summed E-state index contributed by atoms with van der Waals surface area (Å²) < 4.78 is 27.6. The molecule has 0 radical (unpaired) electrons. The lowest BCUT2D eigenvalue weighted by molar-refractivity contribution is -0.384. The van der Waals surface area contributed by atoms with E-state index in [0.29, 0.717) is 18.4 Å². The highest BCUT2D eigenvalue weighted by atomic mass is 79.9. The summed E-state index contributed by atoms with van der Waals surface area (Å²) in [6.07, 6.45) is 2.19. The molecule has 2 aromatic rings.